The Hall–Kier alpha value is -1.76. The molecule has 2 saturated heterocycles. The quantitative estimate of drug-likeness (QED) is 0.0171. The fraction of sp³-hybridized carbons (Fsp3) is 0.931. The SMILES string of the molecule is CCCCCCCCCCC/C=C/CCCCC(=O)OC[C@H](CO[C@H]1O[C@@H](CO[C@H]2O[C@@H](CO)[C@@H](O)C(O)C2O)[C@@H](O)C(O)C1O)OC(=O)CCCCCCCCCCCCCCCCCCCCCCCC. The number of carbonyl (C=O) groups excluding carboxylic acids is 2. The van der Waals surface area contributed by atoms with Crippen molar-refractivity contribution in [2.75, 3.05) is 26.4 Å². The molecule has 430 valence electrons. The number of hydrogen-bond donors (Lipinski definition) is 7. The first-order valence-electron chi connectivity index (χ1n) is 29.8. The summed E-state index contributed by atoms with van der Waals surface area (Å²) in [5, 5.41) is 72.3. The number of hydrogen-bond acceptors (Lipinski definition) is 15. The van der Waals surface area contributed by atoms with Gasteiger partial charge < -0.3 is 64.2 Å². The first kappa shape index (κ1) is 67.3. The Morgan fingerprint density at radius 2 is 0.781 bits per heavy atom. The maximum atomic E-state index is 13.1. The molecule has 4 unspecified atom stereocenters. The maximum Gasteiger partial charge on any atom is 0.306 e. The van der Waals surface area contributed by atoms with Gasteiger partial charge in [-0.15, -0.1) is 0 Å². The summed E-state index contributed by atoms with van der Waals surface area (Å²) in [6, 6.07) is 0. The van der Waals surface area contributed by atoms with Crippen LogP contribution in [-0.4, -0.2) is 142 Å². The van der Waals surface area contributed by atoms with Crippen LogP contribution < -0.4 is 0 Å². The first-order valence-corrected chi connectivity index (χ1v) is 29.8. The Morgan fingerprint density at radius 3 is 1.23 bits per heavy atom. The van der Waals surface area contributed by atoms with Crippen molar-refractivity contribution in [2.45, 2.75) is 319 Å². The lowest BCUT2D eigenvalue weighted by Crippen LogP contribution is -2.61. The van der Waals surface area contributed by atoms with Crippen LogP contribution in [0.1, 0.15) is 251 Å². The van der Waals surface area contributed by atoms with Gasteiger partial charge in [-0.2, -0.15) is 0 Å². The van der Waals surface area contributed by atoms with E-state index in [2.05, 4.69) is 26.0 Å². The molecule has 0 aromatic rings. The molecule has 0 amide bonds. The van der Waals surface area contributed by atoms with Gasteiger partial charge in [-0.3, -0.25) is 9.59 Å². The molecule has 2 fully saturated rings. The molecule has 0 aromatic carbocycles. The number of esters is 2. The van der Waals surface area contributed by atoms with Gasteiger partial charge in [-0.05, 0) is 38.5 Å². The van der Waals surface area contributed by atoms with Crippen LogP contribution in [0, 0.1) is 0 Å². The number of allylic oxidation sites excluding steroid dienone is 2. The van der Waals surface area contributed by atoms with E-state index in [0.717, 1.165) is 38.5 Å². The molecule has 2 aliphatic rings. The van der Waals surface area contributed by atoms with E-state index in [-0.39, 0.29) is 26.1 Å². The summed E-state index contributed by atoms with van der Waals surface area (Å²) in [6.07, 6.45) is 31.0. The minimum Gasteiger partial charge on any atom is -0.462 e. The van der Waals surface area contributed by atoms with Crippen LogP contribution in [0.2, 0.25) is 0 Å². The molecule has 0 radical (unpaired) electrons. The molecule has 0 bridgehead atoms. The van der Waals surface area contributed by atoms with Crippen molar-refractivity contribution in [1.82, 2.24) is 0 Å². The molecule has 2 rings (SSSR count). The Bertz CT molecular complexity index is 1320. The Balaban J connectivity index is 1.73. The second-order valence-corrected chi connectivity index (χ2v) is 21.2. The van der Waals surface area contributed by atoms with Gasteiger partial charge in [0.05, 0.1) is 19.8 Å². The standard InChI is InChI=1S/C58H108O15/c1-3-5-7-9-11-13-15-17-19-20-21-22-23-24-25-27-29-31-33-35-37-39-41-50(61)71-46(43-68-49(60)40-38-36-34-32-30-28-26-18-16-14-12-10-8-6-4-2)44-69-57-56(67)54(65)52(63)48(73-57)45-70-58-55(66)53(64)51(62)47(42-59)72-58/h30,32,46-48,51-59,62-67H,3-29,31,33-45H2,1-2H3/b32-30+/t46-,47+,48+,51-,52-,53?,54?,55?,56?,57+,58+/m1/s1. The highest BCUT2D eigenvalue weighted by molar-refractivity contribution is 5.70. The molecule has 0 spiro atoms. The number of rotatable bonds is 48. The summed E-state index contributed by atoms with van der Waals surface area (Å²) < 4.78 is 33.7. The minimum atomic E-state index is -1.76. The normalized spacial score (nSPS) is 24.8. The molecule has 0 saturated carbocycles. The Morgan fingerprint density at radius 1 is 0.425 bits per heavy atom. The van der Waals surface area contributed by atoms with Crippen LogP contribution in [0.25, 0.3) is 0 Å². The summed E-state index contributed by atoms with van der Waals surface area (Å²) in [5.41, 5.74) is 0. The van der Waals surface area contributed by atoms with Crippen molar-refractivity contribution >= 4 is 11.9 Å². The first-order chi connectivity index (χ1) is 35.5. The van der Waals surface area contributed by atoms with E-state index in [9.17, 15) is 45.3 Å². The van der Waals surface area contributed by atoms with Crippen molar-refractivity contribution in [1.29, 1.82) is 0 Å². The predicted octanol–water partition coefficient (Wildman–Crippen LogP) is 10.1. The van der Waals surface area contributed by atoms with Crippen LogP contribution in [0.4, 0.5) is 0 Å². The lowest BCUT2D eigenvalue weighted by atomic mass is 9.98. The number of carbonyl (C=O) groups is 2. The Labute approximate surface area is 441 Å². The van der Waals surface area contributed by atoms with Gasteiger partial charge in [0, 0.05) is 12.8 Å². The van der Waals surface area contributed by atoms with Gasteiger partial charge in [0.25, 0.3) is 0 Å². The zero-order valence-corrected chi connectivity index (χ0v) is 45.9. The van der Waals surface area contributed by atoms with Crippen molar-refractivity contribution in [2.24, 2.45) is 0 Å². The summed E-state index contributed by atoms with van der Waals surface area (Å²) in [4.78, 5) is 25.9. The van der Waals surface area contributed by atoms with E-state index >= 15 is 0 Å². The molecule has 2 heterocycles. The van der Waals surface area contributed by atoms with E-state index in [4.69, 9.17) is 28.4 Å². The van der Waals surface area contributed by atoms with Gasteiger partial charge in [-0.25, -0.2) is 0 Å². The van der Waals surface area contributed by atoms with Crippen LogP contribution >= 0.6 is 0 Å². The van der Waals surface area contributed by atoms with Gasteiger partial charge in [0.1, 0.15) is 55.4 Å². The lowest BCUT2D eigenvalue weighted by molar-refractivity contribution is -0.332. The van der Waals surface area contributed by atoms with E-state index in [1.807, 2.05) is 0 Å². The second kappa shape index (κ2) is 45.3. The van der Waals surface area contributed by atoms with Gasteiger partial charge in [0.15, 0.2) is 18.7 Å². The third kappa shape index (κ3) is 32.6. The highest BCUT2D eigenvalue weighted by atomic mass is 16.7. The average Bonchev–Trinajstić information content (AvgIpc) is 3.38. The van der Waals surface area contributed by atoms with E-state index in [1.54, 1.807) is 0 Å². The third-order valence-corrected chi connectivity index (χ3v) is 14.5. The third-order valence-electron chi connectivity index (χ3n) is 14.5. The van der Waals surface area contributed by atoms with Gasteiger partial charge >= 0.3 is 11.9 Å². The zero-order chi connectivity index (χ0) is 53.2. The highest BCUT2D eigenvalue weighted by Gasteiger charge is 2.47. The number of ether oxygens (including phenoxy) is 6. The fourth-order valence-corrected chi connectivity index (χ4v) is 9.63. The van der Waals surface area contributed by atoms with E-state index in [0.29, 0.717) is 12.8 Å². The molecule has 11 atom stereocenters. The molecule has 73 heavy (non-hydrogen) atoms. The number of unbranched alkanes of at least 4 members (excludes halogenated alkanes) is 32. The van der Waals surface area contributed by atoms with Crippen molar-refractivity contribution in [3.05, 3.63) is 12.2 Å². The second-order valence-electron chi connectivity index (χ2n) is 21.2. The molecule has 15 nitrogen and oxygen atoms in total. The largest absolute Gasteiger partial charge is 0.462 e. The zero-order valence-electron chi connectivity index (χ0n) is 45.9. The lowest BCUT2D eigenvalue weighted by Gasteiger charge is -2.42. The fourth-order valence-electron chi connectivity index (χ4n) is 9.63. The summed E-state index contributed by atoms with van der Waals surface area (Å²) in [5.74, 6) is -0.935. The van der Waals surface area contributed by atoms with Gasteiger partial charge in [0.2, 0.25) is 0 Å². The van der Waals surface area contributed by atoms with E-state index in [1.165, 1.54) is 173 Å². The minimum absolute atomic E-state index is 0.168. The molecule has 7 N–H and O–H groups in total. The molecular formula is C58H108O15. The number of aliphatic hydroxyl groups is 7. The Kier molecular flexibility index (Phi) is 41.8. The number of aliphatic hydroxyl groups excluding tert-OH is 7. The summed E-state index contributed by atoms with van der Waals surface area (Å²) in [6.45, 7) is 2.62. The molecule has 0 aromatic heterocycles. The summed E-state index contributed by atoms with van der Waals surface area (Å²) in [7, 11) is 0. The molecule has 15 heteroatoms. The van der Waals surface area contributed by atoms with Crippen LogP contribution in [0.15, 0.2) is 12.2 Å². The molecular weight excluding hydrogens is 937 g/mol. The monoisotopic (exact) mass is 1040 g/mol. The van der Waals surface area contributed by atoms with Crippen LogP contribution in [-0.2, 0) is 38.0 Å². The topological polar surface area (TPSA) is 231 Å². The summed E-state index contributed by atoms with van der Waals surface area (Å²) >= 11 is 0. The van der Waals surface area contributed by atoms with Gasteiger partial charge in [-0.1, -0.05) is 212 Å². The van der Waals surface area contributed by atoms with Crippen LogP contribution in [0.3, 0.4) is 0 Å². The molecule has 2 aliphatic heterocycles. The highest BCUT2D eigenvalue weighted by Crippen LogP contribution is 2.27. The maximum absolute atomic E-state index is 13.1. The van der Waals surface area contributed by atoms with E-state index < -0.39 is 92.7 Å². The van der Waals surface area contributed by atoms with Crippen molar-refractivity contribution in [3.63, 3.8) is 0 Å². The predicted molar refractivity (Wildman–Crippen MR) is 285 cm³/mol. The van der Waals surface area contributed by atoms with Crippen molar-refractivity contribution < 1.29 is 73.8 Å². The van der Waals surface area contributed by atoms with Crippen LogP contribution in [0.5, 0.6) is 0 Å². The molecule has 0 aliphatic carbocycles. The van der Waals surface area contributed by atoms with Crippen molar-refractivity contribution in [3.8, 4) is 0 Å². The average molecular weight is 1050 g/mol. The smallest absolute Gasteiger partial charge is 0.306 e.